The van der Waals surface area contributed by atoms with Gasteiger partial charge in [0.25, 0.3) is 5.91 Å². The number of hydrogen-bond donors (Lipinski definition) is 3. The smallest absolute Gasteiger partial charge is 0.263 e. The zero-order chi connectivity index (χ0) is 19.3. The third-order valence-corrected chi connectivity index (χ3v) is 5.10. The van der Waals surface area contributed by atoms with Crippen LogP contribution >= 0.6 is 0 Å². The lowest BCUT2D eigenvalue weighted by atomic mass is 9.98. The van der Waals surface area contributed by atoms with Gasteiger partial charge in [-0.15, -0.1) is 0 Å². The van der Waals surface area contributed by atoms with E-state index in [0.29, 0.717) is 5.69 Å². The molecule has 146 valence electrons. The molecule has 27 heavy (non-hydrogen) atoms. The first-order chi connectivity index (χ1) is 13.2. The van der Waals surface area contributed by atoms with Gasteiger partial charge in [0.15, 0.2) is 0 Å². The molecule has 0 radical (unpaired) electrons. The Morgan fingerprint density at radius 2 is 1.48 bits per heavy atom. The summed E-state index contributed by atoms with van der Waals surface area (Å²) in [5, 5.41) is 15.4. The third kappa shape index (κ3) is 8.17. The number of nitriles is 1. The van der Waals surface area contributed by atoms with Gasteiger partial charge in [-0.3, -0.25) is 4.79 Å². The maximum atomic E-state index is 12.5. The van der Waals surface area contributed by atoms with Crippen LogP contribution in [-0.4, -0.2) is 11.9 Å². The van der Waals surface area contributed by atoms with Crippen LogP contribution in [0.3, 0.4) is 0 Å². The van der Waals surface area contributed by atoms with E-state index in [0.717, 1.165) is 31.4 Å². The van der Waals surface area contributed by atoms with Crippen LogP contribution < -0.4 is 16.4 Å². The van der Waals surface area contributed by atoms with Crippen LogP contribution in [0.1, 0.15) is 70.6 Å². The summed E-state index contributed by atoms with van der Waals surface area (Å²) in [6.07, 6.45) is 14.8. The van der Waals surface area contributed by atoms with Gasteiger partial charge in [0.1, 0.15) is 11.6 Å². The van der Waals surface area contributed by atoms with Crippen molar-refractivity contribution in [3.8, 4) is 6.07 Å². The Morgan fingerprint density at radius 3 is 2.00 bits per heavy atom. The normalized spacial score (nSPS) is 17.8. The van der Waals surface area contributed by atoms with Gasteiger partial charge in [-0.05, 0) is 37.1 Å². The van der Waals surface area contributed by atoms with E-state index in [4.69, 9.17) is 5.73 Å². The molecule has 2 rings (SSSR count). The number of hydrogen-bond acceptors (Lipinski definition) is 4. The molecule has 0 bridgehead atoms. The number of nitrogens with two attached hydrogens (primary N) is 1. The molecule has 1 aromatic carbocycles. The van der Waals surface area contributed by atoms with Crippen LogP contribution in [0.4, 0.5) is 11.4 Å². The summed E-state index contributed by atoms with van der Waals surface area (Å²) < 4.78 is 0. The minimum Gasteiger partial charge on any atom is -0.399 e. The van der Waals surface area contributed by atoms with Crippen molar-refractivity contribution in [2.24, 2.45) is 0 Å². The summed E-state index contributed by atoms with van der Waals surface area (Å²) in [5.41, 5.74) is 7.22. The Balaban J connectivity index is 1.90. The minimum absolute atomic E-state index is 0.0953. The number of carbonyl (C=O) groups excluding carboxylic acids is 1. The second kappa shape index (κ2) is 12.0. The van der Waals surface area contributed by atoms with Crippen molar-refractivity contribution in [3.63, 3.8) is 0 Å². The summed E-state index contributed by atoms with van der Waals surface area (Å²) in [5.74, 6) is -0.294. The van der Waals surface area contributed by atoms with Crippen molar-refractivity contribution in [1.29, 1.82) is 5.26 Å². The van der Waals surface area contributed by atoms with Gasteiger partial charge in [0, 0.05) is 23.6 Å². The SMILES string of the molecule is N#C/C(=C/Nc1ccc(N)cc1)C(=O)NC1CCCCCCCCCCC1. The fourth-order valence-corrected chi connectivity index (χ4v) is 3.45. The summed E-state index contributed by atoms with van der Waals surface area (Å²) >= 11 is 0. The summed E-state index contributed by atoms with van der Waals surface area (Å²) in [6, 6.07) is 9.33. The fourth-order valence-electron chi connectivity index (χ4n) is 3.45. The average Bonchev–Trinajstić information content (AvgIpc) is 2.66. The van der Waals surface area contributed by atoms with Crippen LogP contribution in [-0.2, 0) is 4.79 Å². The maximum Gasteiger partial charge on any atom is 0.263 e. The summed E-state index contributed by atoms with van der Waals surface area (Å²) in [4.78, 5) is 12.5. The van der Waals surface area contributed by atoms with Gasteiger partial charge in [0.05, 0.1) is 0 Å². The van der Waals surface area contributed by atoms with Crippen LogP contribution in [0.15, 0.2) is 36.0 Å². The second-order valence-electron chi connectivity index (χ2n) is 7.37. The lowest BCUT2D eigenvalue weighted by Gasteiger charge is -2.19. The standard InChI is InChI=1S/C22H32N4O/c23-16-18(17-25-20-14-12-19(24)13-15-20)22(27)26-21-10-8-6-4-2-1-3-5-7-9-11-21/h12-15,17,21,25H,1-11,24H2,(H,26,27)/b18-17-. The van der Waals surface area contributed by atoms with Crippen molar-refractivity contribution in [2.75, 3.05) is 11.1 Å². The zero-order valence-corrected chi connectivity index (χ0v) is 16.2. The summed E-state index contributed by atoms with van der Waals surface area (Å²) in [7, 11) is 0. The maximum absolute atomic E-state index is 12.5. The molecule has 0 spiro atoms. The monoisotopic (exact) mass is 368 g/mol. The molecule has 4 N–H and O–H groups in total. The lowest BCUT2D eigenvalue weighted by Crippen LogP contribution is -2.35. The molecule has 1 saturated carbocycles. The molecule has 1 aliphatic rings. The molecule has 0 heterocycles. The Kier molecular flexibility index (Phi) is 9.26. The van der Waals surface area contributed by atoms with Crippen molar-refractivity contribution in [3.05, 3.63) is 36.0 Å². The molecule has 1 aliphatic carbocycles. The van der Waals surface area contributed by atoms with E-state index < -0.39 is 0 Å². The highest BCUT2D eigenvalue weighted by Crippen LogP contribution is 2.17. The number of nitrogens with one attached hydrogen (secondary N) is 2. The zero-order valence-electron chi connectivity index (χ0n) is 16.2. The predicted molar refractivity (Wildman–Crippen MR) is 111 cm³/mol. The van der Waals surface area contributed by atoms with Crippen LogP contribution in [0.2, 0.25) is 0 Å². The molecule has 0 atom stereocenters. The Hall–Kier alpha value is -2.48. The topological polar surface area (TPSA) is 90.9 Å². The quantitative estimate of drug-likeness (QED) is 0.401. The van der Waals surface area contributed by atoms with Crippen molar-refractivity contribution in [2.45, 2.75) is 76.7 Å². The van der Waals surface area contributed by atoms with Crippen LogP contribution in [0, 0.1) is 11.3 Å². The first kappa shape index (κ1) is 20.8. The fraction of sp³-hybridized carbons (Fsp3) is 0.545. The molecule has 1 amide bonds. The Bertz CT molecular complexity index is 633. The highest BCUT2D eigenvalue weighted by atomic mass is 16.1. The molecule has 5 nitrogen and oxygen atoms in total. The van der Waals surface area contributed by atoms with Crippen LogP contribution in [0.25, 0.3) is 0 Å². The number of rotatable bonds is 4. The molecular formula is C22H32N4O. The van der Waals surface area contributed by atoms with E-state index in [9.17, 15) is 10.1 Å². The van der Waals surface area contributed by atoms with Gasteiger partial charge in [-0.1, -0.05) is 57.8 Å². The van der Waals surface area contributed by atoms with Gasteiger partial charge in [0.2, 0.25) is 0 Å². The first-order valence-electron chi connectivity index (χ1n) is 10.2. The predicted octanol–water partition coefficient (Wildman–Crippen LogP) is 4.88. The molecule has 0 saturated heterocycles. The van der Waals surface area contributed by atoms with E-state index in [1.54, 1.807) is 12.1 Å². The van der Waals surface area contributed by atoms with Crippen molar-refractivity contribution < 1.29 is 4.79 Å². The number of carbonyl (C=O) groups is 1. The number of benzene rings is 1. The number of amides is 1. The molecule has 0 aromatic heterocycles. The number of anilines is 2. The Labute approximate surface area is 163 Å². The molecule has 1 fully saturated rings. The van der Waals surface area contributed by atoms with Gasteiger partial charge >= 0.3 is 0 Å². The van der Waals surface area contributed by atoms with Gasteiger partial charge in [-0.25, -0.2) is 0 Å². The van der Waals surface area contributed by atoms with Crippen molar-refractivity contribution >= 4 is 17.3 Å². The summed E-state index contributed by atoms with van der Waals surface area (Å²) in [6.45, 7) is 0. The highest BCUT2D eigenvalue weighted by molar-refractivity contribution is 5.97. The average molecular weight is 369 g/mol. The van der Waals surface area contributed by atoms with E-state index in [1.165, 1.54) is 51.1 Å². The van der Waals surface area contributed by atoms with Crippen molar-refractivity contribution in [1.82, 2.24) is 5.32 Å². The molecule has 0 unspecified atom stereocenters. The van der Waals surface area contributed by atoms with E-state index >= 15 is 0 Å². The number of nitrogen functional groups attached to an aromatic ring is 1. The Morgan fingerprint density at radius 1 is 0.963 bits per heavy atom. The lowest BCUT2D eigenvalue weighted by molar-refractivity contribution is -0.117. The molecule has 5 heteroatoms. The molecule has 1 aromatic rings. The molecular weight excluding hydrogens is 336 g/mol. The largest absolute Gasteiger partial charge is 0.399 e. The third-order valence-electron chi connectivity index (χ3n) is 5.10. The molecule has 0 aliphatic heterocycles. The van der Waals surface area contributed by atoms with Gasteiger partial charge in [-0.2, -0.15) is 5.26 Å². The highest BCUT2D eigenvalue weighted by Gasteiger charge is 2.16. The number of nitrogens with zero attached hydrogens (tertiary/aromatic N) is 1. The second-order valence-corrected chi connectivity index (χ2v) is 7.37. The van der Waals surface area contributed by atoms with E-state index in [1.807, 2.05) is 18.2 Å². The van der Waals surface area contributed by atoms with E-state index in [2.05, 4.69) is 10.6 Å². The first-order valence-corrected chi connectivity index (χ1v) is 10.2. The van der Waals surface area contributed by atoms with Gasteiger partial charge < -0.3 is 16.4 Å². The van der Waals surface area contributed by atoms with Crippen LogP contribution in [0.5, 0.6) is 0 Å². The minimum atomic E-state index is -0.294. The van der Waals surface area contributed by atoms with E-state index in [-0.39, 0.29) is 17.5 Å².